The fourth-order valence-electron chi connectivity index (χ4n) is 3.19. The molecule has 0 aliphatic carbocycles. The molecule has 8 nitrogen and oxygen atoms in total. The van der Waals surface area contributed by atoms with Crippen LogP contribution in [-0.2, 0) is 21.4 Å². The van der Waals surface area contributed by atoms with Gasteiger partial charge in [-0.3, -0.25) is 9.10 Å². The Bertz CT molecular complexity index is 1190. The lowest BCUT2D eigenvalue weighted by Gasteiger charge is -2.29. The van der Waals surface area contributed by atoms with Gasteiger partial charge in [0.05, 0.1) is 18.5 Å². The van der Waals surface area contributed by atoms with Gasteiger partial charge in [0, 0.05) is 5.56 Å². The molecule has 1 heterocycles. The van der Waals surface area contributed by atoms with Crippen LogP contribution in [0.4, 0.5) is 5.69 Å². The van der Waals surface area contributed by atoms with Crippen LogP contribution >= 0.6 is 0 Å². The van der Waals surface area contributed by atoms with Gasteiger partial charge >= 0.3 is 0 Å². The molecule has 1 aromatic heterocycles. The van der Waals surface area contributed by atoms with Crippen molar-refractivity contribution in [2.24, 2.45) is 0 Å². The van der Waals surface area contributed by atoms with Crippen LogP contribution in [0.3, 0.4) is 0 Å². The number of carbonyl (C=O) groups excluding carboxylic acids is 1. The van der Waals surface area contributed by atoms with E-state index in [1.54, 1.807) is 13.0 Å². The van der Waals surface area contributed by atoms with Crippen LogP contribution in [0, 0.1) is 20.8 Å². The summed E-state index contributed by atoms with van der Waals surface area (Å²) < 4.78 is 31.4. The Kier molecular flexibility index (Phi) is 6.45. The van der Waals surface area contributed by atoms with Gasteiger partial charge in [-0.1, -0.05) is 47.1 Å². The summed E-state index contributed by atoms with van der Waals surface area (Å²) in [5, 5.41) is 6.63. The normalized spacial score (nSPS) is 12.4. The molecule has 164 valence electrons. The molecule has 31 heavy (non-hydrogen) atoms. The zero-order valence-corrected chi connectivity index (χ0v) is 19.0. The Labute approximate surface area is 182 Å². The molecule has 1 amide bonds. The van der Waals surface area contributed by atoms with Crippen molar-refractivity contribution in [1.29, 1.82) is 0 Å². The zero-order chi connectivity index (χ0) is 22.8. The number of anilines is 1. The minimum absolute atomic E-state index is 0.00750. The summed E-state index contributed by atoms with van der Waals surface area (Å²) in [6, 6.07) is 12.2. The van der Waals surface area contributed by atoms with Gasteiger partial charge in [-0.05, 0) is 44.9 Å². The van der Waals surface area contributed by atoms with Crippen LogP contribution in [0.1, 0.15) is 29.5 Å². The molecule has 1 N–H and O–H groups in total. The summed E-state index contributed by atoms with van der Waals surface area (Å²) in [5.41, 5.74) is 4.06. The molecular formula is C22H26N4O4S. The maximum Gasteiger partial charge on any atom is 0.246 e. The van der Waals surface area contributed by atoms with Gasteiger partial charge in [0.15, 0.2) is 0 Å². The Hall–Kier alpha value is -3.20. The van der Waals surface area contributed by atoms with Crippen LogP contribution in [0.5, 0.6) is 0 Å². The zero-order valence-electron chi connectivity index (χ0n) is 18.2. The number of hydrogen-bond donors (Lipinski definition) is 1. The van der Waals surface area contributed by atoms with E-state index in [1.165, 1.54) is 0 Å². The second-order valence-electron chi connectivity index (χ2n) is 7.62. The van der Waals surface area contributed by atoms with Crippen LogP contribution in [-0.4, -0.2) is 36.8 Å². The molecule has 0 saturated heterocycles. The topological polar surface area (TPSA) is 105 Å². The average Bonchev–Trinajstić information content (AvgIpc) is 3.17. The number of carbonyl (C=O) groups is 1. The average molecular weight is 443 g/mol. The highest BCUT2D eigenvalue weighted by atomic mass is 32.2. The van der Waals surface area contributed by atoms with E-state index in [4.69, 9.17) is 4.52 Å². The van der Waals surface area contributed by atoms with Crippen molar-refractivity contribution >= 4 is 21.6 Å². The van der Waals surface area contributed by atoms with E-state index >= 15 is 0 Å². The summed E-state index contributed by atoms with van der Waals surface area (Å²) in [6.45, 7) is 7.20. The quantitative estimate of drug-likeness (QED) is 0.603. The van der Waals surface area contributed by atoms with Gasteiger partial charge in [-0.15, -0.1) is 0 Å². The van der Waals surface area contributed by atoms with E-state index < -0.39 is 22.0 Å². The molecule has 3 aromatic rings. The number of benzene rings is 2. The Balaban J connectivity index is 1.74. The lowest BCUT2D eigenvalue weighted by Crippen LogP contribution is -2.48. The summed E-state index contributed by atoms with van der Waals surface area (Å²) in [7, 11) is -3.70. The molecule has 0 radical (unpaired) electrons. The molecule has 1 unspecified atom stereocenters. The first-order chi connectivity index (χ1) is 14.6. The number of aromatic nitrogens is 2. The number of amides is 1. The van der Waals surface area contributed by atoms with Gasteiger partial charge in [-0.25, -0.2) is 8.42 Å². The number of nitrogens with zero attached hydrogens (tertiary/aromatic N) is 3. The number of nitrogens with one attached hydrogen (secondary N) is 1. The maximum atomic E-state index is 12.8. The SMILES string of the molecule is Cc1ccc(-c2noc(CNC(=O)C(C)N(c3cc(C)ccc3C)S(C)(=O)=O)n2)cc1. The molecule has 0 bridgehead atoms. The van der Waals surface area contributed by atoms with Crippen molar-refractivity contribution in [2.75, 3.05) is 10.6 Å². The Morgan fingerprint density at radius 1 is 1.10 bits per heavy atom. The van der Waals surface area contributed by atoms with Crippen molar-refractivity contribution in [1.82, 2.24) is 15.5 Å². The lowest BCUT2D eigenvalue weighted by molar-refractivity contribution is -0.122. The number of rotatable bonds is 7. The highest BCUT2D eigenvalue weighted by molar-refractivity contribution is 7.92. The van der Waals surface area contributed by atoms with Crippen molar-refractivity contribution in [3.63, 3.8) is 0 Å². The predicted octanol–water partition coefficient (Wildman–Crippen LogP) is 3.13. The minimum Gasteiger partial charge on any atom is -0.345 e. The summed E-state index contributed by atoms with van der Waals surface area (Å²) in [4.78, 5) is 17.1. The van der Waals surface area contributed by atoms with Crippen molar-refractivity contribution < 1.29 is 17.7 Å². The fraction of sp³-hybridized carbons (Fsp3) is 0.318. The van der Waals surface area contributed by atoms with Crippen LogP contribution in [0.25, 0.3) is 11.4 Å². The second-order valence-corrected chi connectivity index (χ2v) is 9.48. The van der Waals surface area contributed by atoms with Crippen molar-refractivity contribution in [2.45, 2.75) is 40.3 Å². The number of sulfonamides is 1. The minimum atomic E-state index is -3.70. The smallest absolute Gasteiger partial charge is 0.246 e. The van der Waals surface area contributed by atoms with Crippen molar-refractivity contribution in [3.05, 3.63) is 65.0 Å². The van der Waals surface area contributed by atoms with E-state index in [0.717, 1.165) is 32.8 Å². The van der Waals surface area contributed by atoms with E-state index in [0.29, 0.717) is 11.5 Å². The first-order valence-corrected chi connectivity index (χ1v) is 11.6. The molecule has 0 spiro atoms. The first-order valence-electron chi connectivity index (χ1n) is 9.80. The van der Waals surface area contributed by atoms with Gasteiger partial charge in [0.25, 0.3) is 0 Å². The first kappa shape index (κ1) is 22.5. The molecular weight excluding hydrogens is 416 g/mol. The largest absolute Gasteiger partial charge is 0.345 e. The maximum absolute atomic E-state index is 12.8. The van der Waals surface area contributed by atoms with Crippen molar-refractivity contribution in [3.8, 4) is 11.4 Å². The Morgan fingerprint density at radius 3 is 2.39 bits per heavy atom. The molecule has 0 saturated carbocycles. The number of aryl methyl sites for hydroxylation is 3. The predicted molar refractivity (Wildman–Crippen MR) is 119 cm³/mol. The molecule has 0 fully saturated rings. The summed E-state index contributed by atoms with van der Waals surface area (Å²) in [5.74, 6) is 0.181. The third kappa shape index (κ3) is 5.29. The lowest BCUT2D eigenvalue weighted by atomic mass is 10.1. The van der Waals surface area contributed by atoms with Crippen LogP contribution in [0.15, 0.2) is 47.0 Å². The molecule has 0 aliphatic heterocycles. The Morgan fingerprint density at radius 2 is 1.74 bits per heavy atom. The summed E-state index contributed by atoms with van der Waals surface area (Å²) in [6.07, 6.45) is 1.09. The summed E-state index contributed by atoms with van der Waals surface area (Å²) >= 11 is 0. The highest BCUT2D eigenvalue weighted by Gasteiger charge is 2.30. The van der Waals surface area contributed by atoms with E-state index in [1.807, 2.05) is 57.2 Å². The van der Waals surface area contributed by atoms with E-state index in [2.05, 4.69) is 15.5 Å². The molecule has 3 rings (SSSR count). The molecule has 1 atom stereocenters. The van der Waals surface area contributed by atoms with Gasteiger partial charge in [-0.2, -0.15) is 4.98 Å². The monoisotopic (exact) mass is 442 g/mol. The van der Waals surface area contributed by atoms with Gasteiger partial charge < -0.3 is 9.84 Å². The van der Waals surface area contributed by atoms with Gasteiger partial charge in [0.1, 0.15) is 6.04 Å². The second kappa shape index (κ2) is 8.89. The highest BCUT2D eigenvalue weighted by Crippen LogP contribution is 2.26. The molecule has 2 aromatic carbocycles. The number of hydrogen-bond acceptors (Lipinski definition) is 6. The van der Waals surface area contributed by atoms with Crippen LogP contribution < -0.4 is 9.62 Å². The third-order valence-corrected chi connectivity index (χ3v) is 6.11. The third-order valence-electron chi connectivity index (χ3n) is 4.88. The fourth-order valence-corrected chi connectivity index (χ4v) is 4.42. The standard InChI is InChI=1S/C22H26N4O4S/c1-14-7-10-18(11-8-14)21-24-20(30-25-21)13-23-22(27)17(4)26(31(5,28)29)19-12-15(2)6-9-16(19)3/h6-12,17H,13H2,1-5H3,(H,23,27). The van der Waals surface area contributed by atoms with E-state index in [-0.39, 0.29) is 12.4 Å². The van der Waals surface area contributed by atoms with Crippen LogP contribution in [0.2, 0.25) is 0 Å². The molecule has 0 aliphatic rings. The van der Waals surface area contributed by atoms with E-state index in [9.17, 15) is 13.2 Å². The van der Waals surface area contributed by atoms with Gasteiger partial charge in [0.2, 0.25) is 27.6 Å². The molecule has 9 heteroatoms.